The molecule has 3 nitrogen and oxygen atoms in total. The number of rotatable bonds is 6. The topological polar surface area (TPSA) is 45.8 Å². The van der Waals surface area contributed by atoms with Crippen LogP contribution in [-0.2, 0) is 0 Å². The van der Waals surface area contributed by atoms with Gasteiger partial charge in [0.05, 0.1) is 0 Å². The SMILES string of the molecule is CCCCSc1nc(Sc2ccccc2)cc(=O)[nH]1. The number of thioether (sulfide) groups is 1. The summed E-state index contributed by atoms with van der Waals surface area (Å²) in [6.45, 7) is 2.15. The second kappa shape index (κ2) is 7.40. The zero-order valence-electron chi connectivity index (χ0n) is 10.8. The summed E-state index contributed by atoms with van der Waals surface area (Å²) in [4.78, 5) is 19.9. The number of hydrogen-bond acceptors (Lipinski definition) is 4. The summed E-state index contributed by atoms with van der Waals surface area (Å²) < 4.78 is 0. The number of unbranched alkanes of at least 4 members (excludes halogenated alkanes) is 1. The lowest BCUT2D eigenvalue weighted by Gasteiger charge is -2.03. The Morgan fingerprint density at radius 3 is 2.79 bits per heavy atom. The normalized spacial score (nSPS) is 10.6. The van der Waals surface area contributed by atoms with Gasteiger partial charge in [0, 0.05) is 16.7 Å². The van der Waals surface area contributed by atoms with E-state index in [2.05, 4.69) is 16.9 Å². The maximum Gasteiger partial charge on any atom is 0.252 e. The molecule has 0 unspecified atom stereocenters. The first-order valence-corrected chi connectivity index (χ1v) is 8.05. The van der Waals surface area contributed by atoms with E-state index in [4.69, 9.17) is 0 Å². The van der Waals surface area contributed by atoms with Gasteiger partial charge in [-0.15, -0.1) is 0 Å². The van der Waals surface area contributed by atoms with E-state index in [1.165, 1.54) is 11.8 Å². The Morgan fingerprint density at radius 1 is 1.26 bits per heavy atom. The van der Waals surface area contributed by atoms with E-state index in [-0.39, 0.29) is 5.56 Å². The highest BCUT2D eigenvalue weighted by atomic mass is 32.2. The lowest BCUT2D eigenvalue weighted by Crippen LogP contribution is -2.07. The number of aromatic nitrogens is 2. The second-order valence-corrected chi connectivity index (χ2v) is 6.18. The van der Waals surface area contributed by atoms with Crippen LogP contribution in [0.25, 0.3) is 0 Å². The van der Waals surface area contributed by atoms with Crippen molar-refractivity contribution in [3.05, 3.63) is 46.8 Å². The molecule has 1 aromatic carbocycles. The van der Waals surface area contributed by atoms with E-state index in [9.17, 15) is 4.79 Å². The van der Waals surface area contributed by atoms with Crippen molar-refractivity contribution in [2.75, 3.05) is 5.75 Å². The third-order valence-corrected chi connectivity index (χ3v) is 4.28. The molecule has 0 aliphatic carbocycles. The van der Waals surface area contributed by atoms with Crippen LogP contribution >= 0.6 is 23.5 Å². The standard InChI is InChI=1S/C14H16N2OS2/c1-2-3-9-18-14-15-12(17)10-13(16-14)19-11-7-5-4-6-8-11/h4-8,10H,2-3,9H2,1H3,(H,15,16,17). The molecule has 0 atom stereocenters. The summed E-state index contributed by atoms with van der Waals surface area (Å²) in [5.74, 6) is 0.985. The predicted octanol–water partition coefficient (Wildman–Crippen LogP) is 3.81. The highest BCUT2D eigenvalue weighted by molar-refractivity contribution is 7.99. The fourth-order valence-electron chi connectivity index (χ4n) is 1.46. The maximum absolute atomic E-state index is 11.6. The first-order valence-electron chi connectivity index (χ1n) is 6.25. The van der Waals surface area contributed by atoms with Gasteiger partial charge < -0.3 is 4.98 Å². The van der Waals surface area contributed by atoms with Crippen molar-refractivity contribution in [3.8, 4) is 0 Å². The minimum Gasteiger partial charge on any atom is -0.301 e. The van der Waals surface area contributed by atoms with Gasteiger partial charge in [-0.2, -0.15) is 0 Å². The number of nitrogens with zero attached hydrogens (tertiary/aromatic N) is 1. The van der Waals surface area contributed by atoms with Crippen molar-refractivity contribution in [1.82, 2.24) is 9.97 Å². The van der Waals surface area contributed by atoms with Crippen molar-refractivity contribution in [3.63, 3.8) is 0 Å². The highest BCUT2D eigenvalue weighted by Gasteiger charge is 2.04. The van der Waals surface area contributed by atoms with Crippen molar-refractivity contribution in [2.24, 2.45) is 0 Å². The highest BCUT2D eigenvalue weighted by Crippen LogP contribution is 2.25. The number of H-pyrrole nitrogens is 1. The first kappa shape index (κ1) is 14.2. The van der Waals surface area contributed by atoms with E-state index < -0.39 is 0 Å². The van der Waals surface area contributed by atoms with Gasteiger partial charge in [0.2, 0.25) is 0 Å². The molecule has 0 aliphatic rings. The molecule has 0 aliphatic heterocycles. The van der Waals surface area contributed by atoms with Crippen molar-refractivity contribution in [2.45, 2.75) is 34.8 Å². The van der Waals surface area contributed by atoms with E-state index in [1.807, 2.05) is 30.3 Å². The number of benzene rings is 1. The Labute approximate surface area is 121 Å². The molecule has 0 radical (unpaired) electrons. The Morgan fingerprint density at radius 2 is 2.05 bits per heavy atom. The first-order chi connectivity index (χ1) is 9.28. The molecule has 1 heterocycles. The average Bonchev–Trinajstić information content (AvgIpc) is 2.39. The molecule has 0 saturated heterocycles. The van der Waals surface area contributed by atoms with Gasteiger partial charge in [0.25, 0.3) is 5.56 Å². The van der Waals surface area contributed by atoms with Gasteiger partial charge in [-0.05, 0) is 18.6 Å². The molecule has 1 N–H and O–H groups in total. The number of hydrogen-bond donors (Lipinski definition) is 1. The Balaban J connectivity index is 2.10. The molecule has 0 spiro atoms. The molecule has 0 fully saturated rings. The number of nitrogens with one attached hydrogen (secondary N) is 1. The van der Waals surface area contributed by atoms with Crippen molar-refractivity contribution < 1.29 is 0 Å². The second-order valence-electron chi connectivity index (χ2n) is 4.01. The van der Waals surface area contributed by atoms with Crippen LogP contribution in [-0.4, -0.2) is 15.7 Å². The van der Waals surface area contributed by atoms with Gasteiger partial charge >= 0.3 is 0 Å². The summed E-state index contributed by atoms with van der Waals surface area (Å²) in [6.07, 6.45) is 2.28. The zero-order chi connectivity index (χ0) is 13.5. The molecular formula is C14H16N2OS2. The monoisotopic (exact) mass is 292 g/mol. The molecule has 0 amide bonds. The quantitative estimate of drug-likeness (QED) is 0.380. The van der Waals surface area contributed by atoms with Gasteiger partial charge in [-0.25, -0.2) is 4.98 Å². The van der Waals surface area contributed by atoms with Crippen LogP contribution in [0.4, 0.5) is 0 Å². The zero-order valence-corrected chi connectivity index (χ0v) is 12.4. The molecular weight excluding hydrogens is 276 g/mol. The summed E-state index contributed by atoms with van der Waals surface area (Å²) in [5, 5.41) is 1.45. The van der Waals surface area contributed by atoms with Crippen LogP contribution in [0.15, 0.2) is 56.3 Å². The van der Waals surface area contributed by atoms with E-state index in [1.54, 1.807) is 17.8 Å². The van der Waals surface area contributed by atoms with E-state index in [0.29, 0.717) is 5.16 Å². The number of aromatic amines is 1. The van der Waals surface area contributed by atoms with Crippen LogP contribution < -0.4 is 5.56 Å². The van der Waals surface area contributed by atoms with E-state index >= 15 is 0 Å². The van der Waals surface area contributed by atoms with Crippen molar-refractivity contribution in [1.29, 1.82) is 0 Å². The van der Waals surface area contributed by atoms with Crippen LogP contribution in [0.5, 0.6) is 0 Å². The minimum atomic E-state index is -0.0903. The Kier molecular flexibility index (Phi) is 5.54. The summed E-state index contributed by atoms with van der Waals surface area (Å²) in [7, 11) is 0. The fourth-order valence-corrected chi connectivity index (χ4v) is 3.31. The summed E-state index contributed by atoms with van der Waals surface area (Å²) in [6, 6.07) is 11.5. The Bertz CT molecular complexity index is 569. The third-order valence-electron chi connectivity index (χ3n) is 2.40. The van der Waals surface area contributed by atoms with Gasteiger partial charge in [-0.1, -0.05) is 55.1 Å². The minimum absolute atomic E-state index is 0.0903. The largest absolute Gasteiger partial charge is 0.301 e. The van der Waals surface area contributed by atoms with Gasteiger partial charge in [0.15, 0.2) is 5.16 Å². The lowest BCUT2D eigenvalue weighted by molar-refractivity contribution is 0.854. The third kappa shape index (κ3) is 4.76. The Hall–Kier alpha value is -1.20. The average molecular weight is 292 g/mol. The van der Waals surface area contributed by atoms with Crippen LogP contribution in [0.3, 0.4) is 0 Å². The van der Waals surface area contributed by atoms with Gasteiger partial charge in [0.1, 0.15) is 5.03 Å². The summed E-state index contributed by atoms with van der Waals surface area (Å²) >= 11 is 3.11. The van der Waals surface area contributed by atoms with Crippen LogP contribution in [0.2, 0.25) is 0 Å². The summed E-state index contributed by atoms with van der Waals surface area (Å²) in [5.41, 5.74) is -0.0903. The molecule has 0 bridgehead atoms. The predicted molar refractivity (Wildman–Crippen MR) is 81.1 cm³/mol. The van der Waals surface area contributed by atoms with E-state index in [0.717, 1.165) is 28.5 Å². The fraction of sp³-hybridized carbons (Fsp3) is 0.286. The molecule has 2 rings (SSSR count). The smallest absolute Gasteiger partial charge is 0.252 e. The molecule has 2 aromatic rings. The van der Waals surface area contributed by atoms with Crippen LogP contribution in [0.1, 0.15) is 19.8 Å². The molecule has 100 valence electrons. The van der Waals surface area contributed by atoms with Crippen molar-refractivity contribution >= 4 is 23.5 Å². The lowest BCUT2D eigenvalue weighted by atomic mass is 10.4. The maximum atomic E-state index is 11.6. The molecule has 19 heavy (non-hydrogen) atoms. The molecule has 1 aromatic heterocycles. The molecule has 5 heteroatoms. The van der Waals surface area contributed by atoms with Gasteiger partial charge in [-0.3, -0.25) is 4.79 Å². The molecule has 0 saturated carbocycles. The van der Waals surface area contributed by atoms with Crippen LogP contribution in [0, 0.1) is 0 Å².